The van der Waals surface area contributed by atoms with Crippen molar-refractivity contribution in [3.63, 3.8) is 0 Å². The van der Waals surface area contributed by atoms with E-state index in [1.807, 2.05) is 11.3 Å². The Hall–Kier alpha value is -0.380. The molecule has 1 N–H and O–H groups in total. The van der Waals surface area contributed by atoms with Crippen molar-refractivity contribution in [2.45, 2.75) is 45.6 Å². The van der Waals surface area contributed by atoms with Crippen LogP contribution in [0.4, 0.5) is 0 Å². The Labute approximate surface area is 116 Å². The summed E-state index contributed by atoms with van der Waals surface area (Å²) in [5, 5.41) is 5.55. The van der Waals surface area contributed by atoms with Crippen LogP contribution in [0.1, 0.15) is 38.0 Å². The maximum absolute atomic E-state index is 3.38. The predicted octanol–water partition coefficient (Wildman–Crippen LogP) is 3.39. The molecule has 0 radical (unpaired) electrons. The average Bonchev–Trinajstić information content (AvgIpc) is 2.86. The second-order valence-corrected chi connectivity index (χ2v) is 6.06. The lowest BCUT2D eigenvalue weighted by molar-refractivity contribution is 0.251. The van der Waals surface area contributed by atoms with Crippen LogP contribution in [-0.4, -0.2) is 37.6 Å². The Morgan fingerprint density at radius 2 is 2.17 bits per heavy atom. The lowest BCUT2D eigenvalue weighted by Crippen LogP contribution is -2.31. The molecule has 1 rings (SSSR count). The Bertz CT molecular complexity index is 285. The normalized spacial score (nSPS) is 13.1. The largest absolute Gasteiger partial charge is 0.317 e. The summed E-state index contributed by atoms with van der Waals surface area (Å²) in [6.07, 6.45) is 5.15. The highest BCUT2D eigenvalue weighted by atomic mass is 32.1. The molecule has 3 heteroatoms. The number of likely N-dealkylation sites (N-methyl/N-ethyl adjacent to an activating group) is 1. The fraction of sp³-hybridized carbons (Fsp3) is 0.733. The van der Waals surface area contributed by atoms with Crippen molar-refractivity contribution in [1.82, 2.24) is 10.2 Å². The molecule has 0 aliphatic carbocycles. The summed E-state index contributed by atoms with van der Waals surface area (Å²) in [7, 11) is 2.25. The third-order valence-electron chi connectivity index (χ3n) is 3.44. The Kier molecular flexibility index (Phi) is 8.31. The van der Waals surface area contributed by atoms with Gasteiger partial charge in [0.05, 0.1) is 0 Å². The van der Waals surface area contributed by atoms with Gasteiger partial charge >= 0.3 is 0 Å². The van der Waals surface area contributed by atoms with Crippen LogP contribution in [0.2, 0.25) is 0 Å². The fourth-order valence-corrected chi connectivity index (χ4v) is 2.89. The fourth-order valence-electron chi connectivity index (χ4n) is 2.06. The summed E-state index contributed by atoms with van der Waals surface area (Å²) >= 11 is 1.87. The van der Waals surface area contributed by atoms with Crippen LogP contribution in [0.15, 0.2) is 17.5 Å². The van der Waals surface area contributed by atoms with Gasteiger partial charge in [-0.15, -0.1) is 11.3 Å². The Morgan fingerprint density at radius 1 is 1.33 bits per heavy atom. The third kappa shape index (κ3) is 6.53. The van der Waals surface area contributed by atoms with E-state index in [-0.39, 0.29) is 0 Å². The van der Waals surface area contributed by atoms with Crippen LogP contribution in [0.5, 0.6) is 0 Å². The van der Waals surface area contributed by atoms with E-state index in [9.17, 15) is 0 Å². The van der Waals surface area contributed by atoms with E-state index in [0.29, 0.717) is 6.04 Å². The molecule has 0 saturated heterocycles. The van der Waals surface area contributed by atoms with Gasteiger partial charge in [-0.1, -0.05) is 19.4 Å². The number of nitrogens with one attached hydrogen (secondary N) is 1. The zero-order valence-electron chi connectivity index (χ0n) is 12.1. The standard InChI is InChI=1S/C15H28N2S/c1-4-16-10-6-5-7-11-17(3)14(2)13-15-9-8-12-18-15/h8-9,12,14,16H,4-7,10-11,13H2,1-3H3. The van der Waals surface area contributed by atoms with Crippen LogP contribution in [0, 0.1) is 0 Å². The van der Waals surface area contributed by atoms with Gasteiger partial charge in [-0.2, -0.15) is 0 Å². The predicted molar refractivity (Wildman–Crippen MR) is 82.5 cm³/mol. The van der Waals surface area contributed by atoms with E-state index in [1.54, 1.807) is 0 Å². The first-order valence-corrected chi connectivity index (χ1v) is 8.05. The van der Waals surface area contributed by atoms with Crippen molar-refractivity contribution in [3.05, 3.63) is 22.4 Å². The Balaban J connectivity index is 2.06. The van der Waals surface area contributed by atoms with Crippen molar-refractivity contribution in [1.29, 1.82) is 0 Å². The number of hydrogen-bond donors (Lipinski definition) is 1. The van der Waals surface area contributed by atoms with Crippen molar-refractivity contribution in [2.24, 2.45) is 0 Å². The number of thiophene rings is 1. The van der Waals surface area contributed by atoms with Gasteiger partial charge < -0.3 is 10.2 Å². The third-order valence-corrected chi connectivity index (χ3v) is 4.34. The number of hydrogen-bond acceptors (Lipinski definition) is 3. The highest BCUT2D eigenvalue weighted by Gasteiger charge is 2.09. The van der Waals surface area contributed by atoms with Gasteiger partial charge in [-0.3, -0.25) is 0 Å². The first-order valence-electron chi connectivity index (χ1n) is 7.17. The summed E-state index contributed by atoms with van der Waals surface area (Å²) in [5.74, 6) is 0. The highest BCUT2D eigenvalue weighted by Crippen LogP contribution is 2.13. The molecule has 0 fully saturated rings. The number of nitrogens with zero attached hydrogens (tertiary/aromatic N) is 1. The van der Waals surface area contributed by atoms with Crippen molar-refractivity contribution >= 4 is 11.3 Å². The van der Waals surface area contributed by atoms with E-state index < -0.39 is 0 Å². The first-order chi connectivity index (χ1) is 8.74. The quantitative estimate of drug-likeness (QED) is 0.654. The first kappa shape index (κ1) is 15.7. The smallest absolute Gasteiger partial charge is 0.0112 e. The minimum atomic E-state index is 0.650. The van der Waals surface area contributed by atoms with Crippen LogP contribution < -0.4 is 5.32 Å². The average molecular weight is 268 g/mol. The summed E-state index contributed by atoms with van der Waals surface area (Å²) in [5.41, 5.74) is 0. The van der Waals surface area contributed by atoms with Crippen molar-refractivity contribution in [2.75, 3.05) is 26.7 Å². The molecule has 0 spiro atoms. The molecule has 1 aromatic rings. The molecule has 0 amide bonds. The Morgan fingerprint density at radius 3 is 2.83 bits per heavy atom. The van der Waals surface area contributed by atoms with Gasteiger partial charge in [0.1, 0.15) is 0 Å². The van der Waals surface area contributed by atoms with E-state index in [4.69, 9.17) is 0 Å². The summed E-state index contributed by atoms with van der Waals surface area (Å²) in [4.78, 5) is 3.99. The van der Waals surface area contributed by atoms with Crippen LogP contribution in [0.25, 0.3) is 0 Å². The van der Waals surface area contributed by atoms with Gasteiger partial charge in [0, 0.05) is 10.9 Å². The minimum Gasteiger partial charge on any atom is -0.317 e. The van der Waals surface area contributed by atoms with Crippen LogP contribution in [0.3, 0.4) is 0 Å². The van der Waals surface area contributed by atoms with Gasteiger partial charge in [-0.05, 0) is 64.3 Å². The van der Waals surface area contributed by atoms with Gasteiger partial charge in [0.2, 0.25) is 0 Å². The molecule has 0 aliphatic heterocycles. The molecular weight excluding hydrogens is 240 g/mol. The lowest BCUT2D eigenvalue weighted by atomic mass is 10.1. The number of unbranched alkanes of at least 4 members (excludes halogenated alkanes) is 2. The van der Waals surface area contributed by atoms with Crippen LogP contribution >= 0.6 is 11.3 Å². The zero-order chi connectivity index (χ0) is 13.2. The molecule has 2 nitrogen and oxygen atoms in total. The van der Waals surface area contributed by atoms with E-state index in [1.165, 1.54) is 43.6 Å². The summed E-state index contributed by atoms with van der Waals surface area (Å²) < 4.78 is 0. The van der Waals surface area contributed by atoms with Crippen LogP contribution in [-0.2, 0) is 6.42 Å². The molecule has 18 heavy (non-hydrogen) atoms. The van der Waals surface area contributed by atoms with Crippen molar-refractivity contribution < 1.29 is 0 Å². The molecule has 1 heterocycles. The molecule has 0 saturated carbocycles. The molecule has 0 aromatic carbocycles. The minimum absolute atomic E-state index is 0.650. The van der Waals surface area contributed by atoms with Gasteiger partial charge in [0.25, 0.3) is 0 Å². The van der Waals surface area contributed by atoms with E-state index in [0.717, 1.165) is 6.54 Å². The summed E-state index contributed by atoms with van der Waals surface area (Å²) in [6, 6.07) is 5.04. The molecule has 104 valence electrons. The molecule has 0 aliphatic rings. The second-order valence-electron chi connectivity index (χ2n) is 5.03. The second kappa shape index (κ2) is 9.54. The lowest BCUT2D eigenvalue weighted by Gasteiger charge is -2.24. The highest BCUT2D eigenvalue weighted by molar-refractivity contribution is 7.09. The molecular formula is C15H28N2S. The zero-order valence-corrected chi connectivity index (χ0v) is 12.9. The molecule has 1 unspecified atom stereocenters. The molecule has 0 bridgehead atoms. The SMILES string of the molecule is CCNCCCCCN(C)C(C)Cc1cccs1. The maximum atomic E-state index is 3.38. The maximum Gasteiger partial charge on any atom is 0.0112 e. The van der Waals surface area contributed by atoms with Gasteiger partial charge in [0.15, 0.2) is 0 Å². The summed E-state index contributed by atoms with van der Waals surface area (Å²) in [6.45, 7) is 7.99. The topological polar surface area (TPSA) is 15.3 Å². The van der Waals surface area contributed by atoms with Gasteiger partial charge in [-0.25, -0.2) is 0 Å². The number of rotatable bonds is 10. The van der Waals surface area contributed by atoms with E-state index >= 15 is 0 Å². The van der Waals surface area contributed by atoms with E-state index in [2.05, 4.69) is 48.6 Å². The van der Waals surface area contributed by atoms with Crippen molar-refractivity contribution in [3.8, 4) is 0 Å². The molecule has 1 atom stereocenters. The monoisotopic (exact) mass is 268 g/mol. The molecule has 1 aromatic heterocycles.